The first-order valence-corrected chi connectivity index (χ1v) is 17.6. The number of hydrogen-bond acceptors (Lipinski definition) is 2. The van der Waals surface area contributed by atoms with Crippen LogP contribution in [-0.4, -0.2) is 12.6 Å². The molecule has 0 heterocycles. The van der Waals surface area contributed by atoms with Crippen molar-refractivity contribution >= 4 is 5.97 Å². The SMILES string of the molecule is O=C(OCC(C=CC1CCCCC1)(C1CCCCC1)C1CCCCC1)C(C1CCCCC1)C1CCCCC1. The molecule has 2 nitrogen and oxygen atoms in total. The smallest absolute Gasteiger partial charge is 0.309 e. The average Bonchev–Trinajstić information content (AvgIpc) is 3.00. The van der Waals surface area contributed by atoms with Gasteiger partial charge in [-0.25, -0.2) is 0 Å². The van der Waals surface area contributed by atoms with E-state index >= 15 is 0 Å². The Hall–Kier alpha value is -0.790. The van der Waals surface area contributed by atoms with Crippen molar-refractivity contribution in [3.63, 3.8) is 0 Å². The molecule has 0 spiro atoms. The number of rotatable bonds is 9. The van der Waals surface area contributed by atoms with Crippen molar-refractivity contribution in [3.8, 4) is 0 Å². The molecule has 0 bridgehead atoms. The third kappa shape index (κ3) is 7.28. The summed E-state index contributed by atoms with van der Waals surface area (Å²) in [5.74, 6) is 3.71. The van der Waals surface area contributed by atoms with E-state index in [1.807, 2.05) is 0 Å². The molecule has 0 aromatic carbocycles. The molecular formula is C36H60O2. The molecule has 5 aliphatic rings. The predicted octanol–water partition coefficient (Wildman–Crippen LogP) is 10.6. The van der Waals surface area contributed by atoms with Gasteiger partial charge in [-0.15, -0.1) is 0 Å². The van der Waals surface area contributed by atoms with Crippen LogP contribution in [0.3, 0.4) is 0 Å². The van der Waals surface area contributed by atoms with Crippen LogP contribution in [-0.2, 0) is 9.53 Å². The molecule has 5 fully saturated rings. The predicted molar refractivity (Wildman–Crippen MR) is 159 cm³/mol. The van der Waals surface area contributed by atoms with E-state index in [1.54, 1.807) is 0 Å². The Morgan fingerprint density at radius 1 is 0.579 bits per heavy atom. The zero-order valence-electron chi connectivity index (χ0n) is 24.8. The molecule has 0 aromatic rings. The highest BCUT2D eigenvalue weighted by Gasteiger charge is 2.46. The van der Waals surface area contributed by atoms with Crippen molar-refractivity contribution in [1.29, 1.82) is 0 Å². The van der Waals surface area contributed by atoms with Gasteiger partial charge in [0.15, 0.2) is 0 Å². The van der Waals surface area contributed by atoms with Crippen molar-refractivity contribution in [2.24, 2.45) is 40.9 Å². The van der Waals surface area contributed by atoms with Crippen molar-refractivity contribution in [2.75, 3.05) is 6.61 Å². The van der Waals surface area contributed by atoms with E-state index in [2.05, 4.69) is 12.2 Å². The fraction of sp³-hybridized carbons (Fsp3) is 0.917. The number of carbonyl (C=O) groups is 1. The van der Waals surface area contributed by atoms with E-state index in [-0.39, 0.29) is 17.3 Å². The van der Waals surface area contributed by atoms with Gasteiger partial charge in [0.05, 0.1) is 5.92 Å². The first-order chi connectivity index (χ1) is 18.8. The molecule has 5 saturated carbocycles. The van der Waals surface area contributed by atoms with E-state index in [4.69, 9.17) is 4.74 Å². The fourth-order valence-corrected chi connectivity index (χ4v) is 9.86. The summed E-state index contributed by atoms with van der Waals surface area (Å²) in [6, 6.07) is 0. The Balaban J connectivity index is 1.39. The summed E-state index contributed by atoms with van der Waals surface area (Å²) >= 11 is 0. The van der Waals surface area contributed by atoms with Gasteiger partial charge in [-0.05, 0) is 93.8 Å². The summed E-state index contributed by atoms with van der Waals surface area (Å²) in [4.78, 5) is 14.2. The molecule has 0 unspecified atom stereocenters. The summed E-state index contributed by atoms with van der Waals surface area (Å²) in [6.07, 6.45) is 39.0. The van der Waals surface area contributed by atoms with Crippen LogP contribution in [0.25, 0.3) is 0 Å². The van der Waals surface area contributed by atoms with Crippen LogP contribution in [0.15, 0.2) is 12.2 Å². The molecule has 0 saturated heterocycles. The number of esters is 1. The van der Waals surface area contributed by atoms with Gasteiger partial charge >= 0.3 is 5.97 Å². The Kier molecular flexibility index (Phi) is 11.1. The highest BCUT2D eigenvalue weighted by molar-refractivity contribution is 5.73. The first kappa shape index (κ1) is 28.7. The minimum Gasteiger partial charge on any atom is -0.465 e. The van der Waals surface area contributed by atoms with E-state index < -0.39 is 0 Å². The van der Waals surface area contributed by atoms with Crippen molar-refractivity contribution < 1.29 is 9.53 Å². The van der Waals surface area contributed by atoms with E-state index in [0.29, 0.717) is 30.3 Å². The number of allylic oxidation sites excluding steroid dienone is 1. The second kappa shape index (κ2) is 14.7. The van der Waals surface area contributed by atoms with Gasteiger partial charge in [0, 0.05) is 5.41 Å². The van der Waals surface area contributed by atoms with Crippen molar-refractivity contribution in [3.05, 3.63) is 12.2 Å². The van der Waals surface area contributed by atoms with Gasteiger partial charge in [0.1, 0.15) is 6.61 Å². The Morgan fingerprint density at radius 3 is 1.42 bits per heavy atom. The Labute approximate surface area is 235 Å². The number of carbonyl (C=O) groups excluding carboxylic acids is 1. The lowest BCUT2D eigenvalue weighted by Gasteiger charge is -2.48. The van der Waals surface area contributed by atoms with Gasteiger partial charge in [0.25, 0.3) is 0 Å². The maximum Gasteiger partial charge on any atom is 0.309 e. The summed E-state index contributed by atoms with van der Waals surface area (Å²) < 4.78 is 6.73. The molecule has 38 heavy (non-hydrogen) atoms. The van der Waals surface area contributed by atoms with Gasteiger partial charge in [-0.3, -0.25) is 4.79 Å². The lowest BCUT2D eigenvalue weighted by atomic mass is 9.58. The molecule has 216 valence electrons. The maximum atomic E-state index is 14.2. The zero-order valence-corrected chi connectivity index (χ0v) is 24.8. The quantitative estimate of drug-likeness (QED) is 0.221. The molecule has 2 heteroatoms. The molecule has 0 aliphatic heterocycles. The summed E-state index contributed by atoms with van der Waals surface area (Å²) in [7, 11) is 0. The second-order valence-electron chi connectivity index (χ2n) is 14.5. The van der Waals surface area contributed by atoms with Crippen LogP contribution in [0, 0.1) is 40.9 Å². The van der Waals surface area contributed by atoms with Crippen LogP contribution in [0.1, 0.15) is 161 Å². The highest BCUT2D eigenvalue weighted by Crippen LogP contribution is 2.51. The minimum atomic E-state index is 0.0810. The van der Waals surface area contributed by atoms with Crippen LogP contribution in [0.4, 0.5) is 0 Å². The molecule has 0 N–H and O–H groups in total. The third-order valence-electron chi connectivity index (χ3n) is 12.1. The summed E-state index contributed by atoms with van der Waals surface area (Å²) in [6.45, 7) is 0.681. The lowest BCUT2D eigenvalue weighted by Crippen LogP contribution is -2.44. The standard InChI is InChI=1S/C36H60O2/c37-35(34(30-18-8-2-9-19-30)31-20-10-3-11-21-31)38-28-36(32-22-12-4-13-23-32,33-24-14-5-15-25-33)27-26-29-16-6-1-7-17-29/h26-27,29-34H,1-25,28H2. The average molecular weight is 525 g/mol. The summed E-state index contributed by atoms with van der Waals surface area (Å²) in [5, 5.41) is 0. The molecule has 0 atom stereocenters. The van der Waals surface area contributed by atoms with Gasteiger partial charge < -0.3 is 4.74 Å². The van der Waals surface area contributed by atoms with Crippen LogP contribution >= 0.6 is 0 Å². The first-order valence-electron chi connectivity index (χ1n) is 17.6. The number of ether oxygens (including phenoxy) is 1. The lowest BCUT2D eigenvalue weighted by molar-refractivity contribution is -0.160. The summed E-state index contributed by atoms with van der Waals surface area (Å²) in [5.41, 5.74) is 0.0810. The molecule has 5 aliphatic carbocycles. The topological polar surface area (TPSA) is 26.3 Å². The Morgan fingerprint density at radius 2 is 0.974 bits per heavy atom. The van der Waals surface area contributed by atoms with Gasteiger partial charge in [-0.2, -0.15) is 0 Å². The van der Waals surface area contributed by atoms with Crippen LogP contribution in [0.2, 0.25) is 0 Å². The molecule has 0 aromatic heterocycles. The van der Waals surface area contributed by atoms with Gasteiger partial charge in [-0.1, -0.05) is 108 Å². The molecular weight excluding hydrogens is 464 g/mol. The highest BCUT2D eigenvalue weighted by atomic mass is 16.5. The van der Waals surface area contributed by atoms with E-state index in [9.17, 15) is 4.79 Å². The Bertz CT molecular complexity index is 674. The monoisotopic (exact) mass is 524 g/mol. The van der Waals surface area contributed by atoms with E-state index in [0.717, 1.165) is 5.92 Å². The van der Waals surface area contributed by atoms with Crippen molar-refractivity contribution in [2.45, 2.75) is 161 Å². The number of hydrogen-bond donors (Lipinski definition) is 0. The molecule has 0 amide bonds. The van der Waals surface area contributed by atoms with Gasteiger partial charge in [0.2, 0.25) is 0 Å². The normalized spacial score (nSPS) is 26.8. The fourth-order valence-electron chi connectivity index (χ4n) is 9.86. The molecule has 0 radical (unpaired) electrons. The minimum absolute atomic E-state index is 0.0810. The molecule has 5 rings (SSSR count). The van der Waals surface area contributed by atoms with Crippen molar-refractivity contribution in [1.82, 2.24) is 0 Å². The second-order valence-corrected chi connectivity index (χ2v) is 14.5. The maximum absolute atomic E-state index is 14.2. The largest absolute Gasteiger partial charge is 0.465 e. The third-order valence-corrected chi connectivity index (χ3v) is 12.1. The zero-order chi connectivity index (χ0) is 26.0. The van der Waals surface area contributed by atoms with E-state index in [1.165, 1.54) is 161 Å². The van der Waals surface area contributed by atoms with Crippen LogP contribution in [0.5, 0.6) is 0 Å². The van der Waals surface area contributed by atoms with Crippen LogP contribution < -0.4 is 0 Å².